The van der Waals surface area contributed by atoms with Gasteiger partial charge in [0.2, 0.25) is 5.91 Å². The van der Waals surface area contributed by atoms with Crippen LogP contribution in [0.25, 0.3) is 10.9 Å². The number of hydrogen-bond acceptors (Lipinski definition) is 1. The number of hydrogen-bond donors (Lipinski definition) is 2. The molecule has 1 atom stereocenters. The van der Waals surface area contributed by atoms with E-state index >= 15 is 0 Å². The molecule has 1 amide bonds. The van der Waals surface area contributed by atoms with Gasteiger partial charge in [-0.2, -0.15) is 0 Å². The van der Waals surface area contributed by atoms with Gasteiger partial charge in [-0.15, -0.1) is 0 Å². The Morgan fingerprint density at radius 1 is 0.935 bits per heavy atom. The van der Waals surface area contributed by atoms with E-state index in [4.69, 9.17) is 0 Å². The molecular formula is C28H30N2O. The Morgan fingerprint density at radius 2 is 1.61 bits per heavy atom. The normalized spacial score (nSPS) is 12.6. The summed E-state index contributed by atoms with van der Waals surface area (Å²) >= 11 is 0. The molecule has 0 saturated carbocycles. The maximum atomic E-state index is 13.0. The van der Waals surface area contributed by atoms with Crippen molar-refractivity contribution >= 4 is 22.5 Å². The molecule has 0 fully saturated rings. The van der Waals surface area contributed by atoms with E-state index in [9.17, 15) is 4.79 Å². The zero-order valence-corrected chi connectivity index (χ0v) is 18.7. The van der Waals surface area contributed by atoms with Crippen LogP contribution in [-0.2, 0) is 10.2 Å². The average molecular weight is 411 g/mol. The molecule has 1 aromatic heterocycles. The van der Waals surface area contributed by atoms with Gasteiger partial charge in [-0.3, -0.25) is 4.79 Å². The Hall–Kier alpha value is -3.33. The van der Waals surface area contributed by atoms with E-state index in [1.54, 1.807) is 0 Å². The molecule has 0 radical (unpaired) electrons. The summed E-state index contributed by atoms with van der Waals surface area (Å²) in [4.78, 5) is 16.4. The zero-order valence-electron chi connectivity index (χ0n) is 18.7. The summed E-state index contributed by atoms with van der Waals surface area (Å²) in [6, 6.07) is 24.9. The van der Waals surface area contributed by atoms with Crippen molar-refractivity contribution in [3.63, 3.8) is 0 Å². The van der Waals surface area contributed by atoms with E-state index in [1.807, 2.05) is 49.5 Å². The highest BCUT2D eigenvalue weighted by atomic mass is 16.1. The molecule has 0 unspecified atom stereocenters. The summed E-state index contributed by atoms with van der Waals surface area (Å²) in [6.07, 6.45) is 2.43. The smallest absolute Gasteiger partial charge is 0.225 e. The molecule has 1 heterocycles. The van der Waals surface area contributed by atoms with Crippen molar-refractivity contribution in [1.29, 1.82) is 0 Å². The van der Waals surface area contributed by atoms with Crippen LogP contribution in [0.15, 0.2) is 79.0 Å². The summed E-state index contributed by atoms with van der Waals surface area (Å²) in [5.41, 5.74) is 6.78. The minimum absolute atomic E-state index is 0.0130. The van der Waals surface area contributed by atoms with Gasteiger partial charge < -0.3 is 10.3 Å². The fourth-order valence-corrected chi connectivity index (χ4v) is 4.04. The van der Waals surface area contributed by atoms with Crippen LogP contribution in [0, 0.1) is 6.92 Å². The largest absolute Gasteiger partial charge is 0.361 e. The molecule has 0 aliphatic carbocycles. The Kier molecular flexibility index (Phi) is 5.69. The van der Waals surface area contributed by atoms with Crippen LogP contribution in [0.1, 0.15) is 55.4 Å². The van der Waals surface area contributed by atoms with Crippen LogP contribution in [-0.4, -0.2) is 10.9 Å². The lowest BCUT2D eigenvalue weighted by Gasteiger charge is -2.22. The summed E-state index contributed by atoms with van der Waals surface area (Å²) in [6.45, 7) is 8.69. The van der Waals surface area contributed by atoms with Crippen molar-refractivity contribution in [2.45, 2.75) is 45.4 Å². The van der Waals surface area contributed by atoms with Crippen molar-refractivity contribution in [2.75, 3.05) is 5.32 Å². The van der Waals surface area contributed by atoms with Gasteiger partial charge >= 0.3 is 0 Å². The van der Waals surface area contributed by atoms with Crippen LogP contribution in [0.5, 0.6) is 0 Å². The second-order valence-corrected chi connectivity index (χ2v) is 9.33. The number of aromatic amines is 1. The number of carbonyl (C=O) groups excluding carboxylic acids is 1. The van der Waals surface area contributed by atoms with Crippen LogP contribution >= 0.6 is 0 Å². The third-order valence-corrected chi connectivity index (χ3v) is 5.90. The van der Waals surface area contributed by atoms with Crippen molar-refractivity contribution in [1.82, 2.24) is 4.98 Å². The number of H-pyrrole nitrogens is 1. The van der Waals surface area contributed by atoms with Gasteiger partial charge in [-0.05, 0) is 47.2 Å². The van der Waals surface area contributed by atoms with E-state index in [-0.39, 0.29) is 17.2 Å². The molecule has 0 bridgehead atoms. The van der Waals surface area contributed by atoms with Crippen molar-refractivity contribution in [3.8, 4) is 0 Å². The molecule has 0 saturated heterocycles. The topological polar surface area (TPSA) is 44.9 Å². The third kappa shape index (κ3) is 4.72. The summed E-state index contributed by atoms with van der Waals surface area (Å²) < 4.78 is 0. The number of para-hydroxylation sites is 1. The minimum Gasteiger partial charge on any atom is -0.361 e. The number of benzene rings is 3. The molecule has 3 nitrogen and oxygen atoms in total. The predicted octanol–water partition coefficient (Wildman–Crippen LogP) is 6.93. The molecule has 158 valence electrons. The molecule has 0 aliphatic heterocycles. The monoisotopic (exact) mass is 410 g/mol. The molecule has 31 heavy (non-hydrogen) atoms. The maximum absolute atomic E-state index is 13.0. The molecule has 4 aromatic rings. The fraction of sp³-hybridized carbons (Fsp3) is 0.250. The Balaban J connectivity index is 1.67. The predicted molar refractivity (Wildman–Crippen MR) is 130 cm³/mol. The van der Waals surface area contributed by atoms with Crippen LogP contribution < -0.4 is 5.32 Å². The highest BCUT2D eigenvalue weighted by Crippen LogP contribution is 2.35. The minimum atomic E-state index is -0.0318. The number of amides is 1. The summed E-state index contributed by atoms with van der Waals surface area (Å²) in [5.74, 6) is -0.0188. The molecule has 0 spiro atoms. The van der Waals surface area contributed by atoms with Gasteiger partial charge in [-0.1, -0.05) is 80.9 Å². The van der Waals surface area contributed by atoms with E-state index in [2.05, 4.69) is 67.5 Å². The number of anilines is 1. The SMILES string of the molecule is Cc1ccc(NC(=O)C[C@@H](c2ccc(C(C)(C)C)cc2)c2c[nH]c3ccccc23)cc1. The molecule has 2 N–H and O–H groups in total. The standard InChI is InChI=1S/C28H30N2O/c1-19-9-15-22(16-10-19)30-27(31)17-24(20-11-13-21(14-12-20)28(2,3)4)25-18-29-26-8-6-5-7-23(25)26/h5-16,18,24,29H,17H2,1-4H3,(H,30,31)/t24-/m0/s1. The lowest BCUT2D eigenvalue weighted by atomic mass is 9.83. The van der Waals surface area contributed by atoms with Gasteiger partial charge in [0, 0.05) is 35.1 Å². The number of aromatic nitrogens is 1. The lowest BCUT2D eigenvalue weighted by molar-refractivity contribution is -0.116. The molecule has 3 aromatic carbocycles. The number of fused-ring (bicyclic) bond motifs is 1. The number of carbonyl (C=O) groups is 1. The average Bonchev–Trinajstić information content (AvgIpc) is 3.17. The Bertz CT molecular complexity index is 1180. The molecule has 4 rings (SSSR count). The van der Waals surface area contributed by atoms with Crippen LogP contribution in [0.4, 0.5) is 5.69 Å². The van der Waals surface area contributed by atoms with E-state index in [1.165, 1.54) is 11.1 Å². The quantitative estimate of drug-likeness (QED) is 0.368. The second-order valence-electron chi connectivity index (χ2n) is 9.33. The van der Waals surface area contributed by atoms with Gasteiger partial charge in [0.05, 0.1) is 0 Å². The number of nitrogens with one attached hydrogen (secondary N) is 2. The summed E-state index contributed by atoms with van der Waals surface area (Å²) in [5, 5.41) is 4.23. The first-order chi connectivity index (χ1) is 14.8. The van der Waals surface area contributed by atoms with Gasteiger partial charge in [0.25, 0.3) is 0 Å². The summed E-state index contributed by atoms with van der Waals surface area (Å²) in [7, 11) is 0. The second kappa shape index (κ2) is 8.43. The Labute approximate surface area is 184 Å². The first-order valence-electron chi connectivity index (χ1n) is 10.8. The van der Waals surface area contributed by atoms with Gasteiger partial charge in [-0.25, -0.2) is 0 Å². The number of rotatable bonds is 5. The van der Waals surface area contributed by atoms with Gasteiger partial charge in [0.15, 0.2) is 0 Å². The first-order valence-corrected chi connectivity index (χ1v) is 10.8. The Morgan fingerprint density at radius 3 is 2.29 bits per heavy atom. The highest BCUT2D eigenvalue weighted by Gasteiger charge is 2.22. The molecule has 3 heteroatoms. The van der Waals surface area contributed by atoms with Crippen molar-refractivity contribution in [3.05, 3.63) is 101 Å². The number of aryl methyl sites for hydroxylation is 1. The van der Waals surface area contributed by atoms with Gasteiger partial charge in [0.1, 0.15) is 0 Å². The van der Waals surface area contributed by atoms with E-state index < -0.39 is 0 Å². The highest BCUT2D eigenvalue weighted by molar-refractivity contribution is 5.92. The molecular weight excluding hydrogens is 380 g/mol. The van der Waals surface area contributed by atoms with Crippen LogP contribution in [0.3, 0.4) is 0 Å². The van der Waals surface area contributed by atoms with Crippen molar-refractivity contribution in [2.24, 2.45) is 0 Å². The van der Waals surface area contributed by atoms with Crippen molar-refractivity contribution < 1.29 is 4.79 Å². The van der Waals surface area contributed by atoms with E-state index in [0.717, 1.165) is 27.7 Å². The maximum Gasteiger partial charge on any atom is 0.225 e. The zero-order chi connectivity index (χ0) is 22.0. The first kappa shape index (κ1) is 20.9. The van der Waals surface area contributed by atoms with Crippen LogP contribution in [0.2, 0.25) is 0 Å². The fourth-order valence-electron chi connectivity index (χ4n) is 4.04. The third-order valence-electron chi connectivity index (χ3n) is 5.90. The molecule has 0 aliphatic rings. The lowest BCUT2D eigenvalue weighted by Crippen LogP contribution is -2.17. The van der Waals surface area contributed by atoms with E-state index in [0.29, 0.717) is 6.42 Å².